The lowest BCUT2D eigenvalue weighted by atomic mass is 9.58. The normalized spacial score (nSPS) is 21.8. The van der Waals surface area contributed by atoms with Gasteiger partial charge in [0.25, 0.3) is 0 Å². The Labute approximate surface area is 251 Å². The number of pyridine rings is 2. The minimum Gasteiger partial charge on any atom is -0.192 e. The molecular formula is C40H42N2+2. The van der Waals surface area contributed by atoms with Crippen LogP contribution in [0.5, 0.6) is 0 Å². The molecule has 2 aliphatic heterocycles. The highest BCUT2D eigenvalue weighted by molar-refractivity contribution is 5.71. The topological polar surface area (TPSA) is 7.76 Å². The second kappa shape index (κ2) is 10.3. The number of aryl methyl sites for hydroxylation is 1. The average Bonchev–Trinajstić information content (AvgIpc) is 3.37. The molecule has 0 fully saturated rings. The van der Waals surface area contributed by atoms with Crippen molar-refractivity contribution >= 4 is 0 Å². The summed E-state index contributed by atoms with van der Waals surface area (Å²) in [5.41, 5.74) is 12.5. The highest BCUT2D eigenvalue weighted by atomic mass is 15.1. The van der Waals surface area contributed by atoms with E-state index in [1.54, 1.807) is 0 Å². The third-order valence-corrected chi connectivity index (χ3v) is 10.9. The van der Waals surface area contributed by atoms with Gasteiger partial charge in [-0.25, -0.2) is 0 Å². The Morgan fingerprint density at radius 3 is 2.17 bits per heavy atom. The van der Waals surface area contributed by atoms with Gasteiger partial charge in [-0.2, -0.15) is 9.13 Å². The van der Waals surface area contributed by atoms with Gasteiger partial charge in [0.05, 0.1) is 16.5 Å². The van der Waals surface area contributed by atoms with Crippen LogP contribution in [-0.4, -0.2) is 0 Å². The van der Waals surface area contributed by atoms with Crippen LogP contribution in [0.3, 0.4) is 0 Å². The Balaban J connectivity index is 1.37. The lowest BCUT2D eigenvalue weighted by Crippen LogP contribution is -2.69. The fraction of sp³-hybridized carbons (Fsp3) is 0.300. The smallest absolute Gasteiger partial charge is 0.192 e. The Morgan fingerprint density at radius 2 is 1.40 bits per heavy atom. The van der Waals surface area contributed by atoms with Crippen molar-refractivity contribution < 1.29 is 9.13 Å². The number of nitrogens with zero attached hydrogens (tertiary/aromatic N) is 2. The first-order chi connectivity index (χ1) is 20.6. The summed E-state index contributed by atoms with van der Waals surface area (Å²) in [5, 5.41) is 0. The van der Waals surface area contributed by atoms with E-state index >= 15 is 0 Å². The molecule has 0 N–H and O–H groups in total. The molecule has 3 atom stereocenters. The largest absolute Gasteiger partial charge is 0.213 e. The molecule has 42 heavy (non-hydrogen) atoms. The van der Waals surface area contributed by atoms with E-state index in [0.29, 0.717) is 6.04 Å². The van der Waals surface area contributed by atoms with Crippen LogP contribution in [0.15, 0.2) is 116 Å². The summed E-state index contributed by atoms with van der Waals surface area (Å²) >= 11 is 0. The third-order valence-electron chi connectivity index (χ3n) is 10.9. The van der Waals surface area contributed by atoms with Crippen LogP contribution in [0.1, 0.15) is 76.1 Å². The molecule has 2 heteroatoms. The zero-order valence-electron chi connectivity index (χ0n) is 25.5. The molecule has 4 heterocycles. The van der Waals surface area contributed by atoms with Gasteiger partial charge in [-0.1, -0.05) is 87.5 Å². The van der Waals surface area contributed by atoms with E-state index in [2.05, 4.69) is 152 Å². The molecule has 0 spiro atoms. The van der Waals surface area contributed by atoms with Gasteiger partial charge in [-0.3, -0.25) is 0 Å². The van der Waals surface area contributed by atoms with Crippen molar-refractivity contribution in [3.05, 3.63) is 132 Å². The highest BCUT2D eigenvalue weighted by Crippen LogP contribution is 2.52. The van der Waals surface area contributed by atoms with E-state index < -0.39 is 0 Å². The monoisotopic (exact) mass is 550 g/mol. The van der Waals surface area contributed by atoms with E-state index in [0.717, 1.165) is 32.1 Å². The van der Waals surface area contributed by atoms with Crippen molar-refractivity contribution in [1.82, 2.24) is 0 Å². The molecule has 0 saturated heterocycles. The average molecular weight is 551 g/mol. The Kier molecular flexibility index (Phi) is 6.61. The summed E-state index contributed by atoms with van der Waals surface area (Å²) in [4.78, 5) is 0. The molecule has 5 aromatic rings. The molecule has 2 aliphatic rings. The van der Waals surface area contributed by atoms with E-state index in [1.807, 2.05) is 0 Å². The SMILES string of the molecule is CCc1cc2[n+](cc1-c1ccccc1)C(CCC1(CC)[n+]3ccccc3-c3ccccc3C1(C)CC)c1ccccc1-2. The Bertz CT molecular complexity index is 1770. The quantitative estimate of drug-likeness (QED) is 0.179. The van der Waals surface area contributed by atoms with Crippen molar-refractivity contribution in [2.24, 2.45) is 0 Å². The van der Waals surface area contributed by atoms with Crippen LogP contribution < -0.4 is 9.13 Å². The molecule has 3 unspecified atom stereocenters. The van der Waals surface area contributed by atoms with Gasteiger partial charge in [-0.05, 0) is 54.7 Å². The number of aromatic nitrogens is 2. The molecule has 0 radical (unpaired) electrons. The zero-order chi connectivity index (χ0) is 28.9. The summed E-state index contributed by atoms with van der Waals surface area (Å²) in [5.74, 6) is 0. The molecule has 3 aromatic carbocycles. The molecule has 2 aromatic heterocycles. The predicted octanol–water partition coefficient (Wildman–Crippen LogP) is 8.99. The molecule has 0 saturated carbocycles. The minimum absolute atomic E-state index is 0.0181. The fourth-order valence-electron chi connectivity index (χ4n) is 8.49. The summed E-state index contributed by atoms with van der Waals surface area (Å²) in [6.45, 7) is 9.62. The Morgan fingerprint density at radius 1 is 0.690 bits per heavy atom. The number of hydrogen-bond acceptors (Lipinski definition) is 0. The standard InChI is InChI=1S/C40H42N2/c1-5-29-27-38-32-20-12-11-19-31(32)36(41(38)28-34(29)30-17-9-8-10-18-30)24-25-40(7-3)39(4,6-2)35-22-14-13-21-33(35)37-23-15-16-26-42(37)40/h8-23,26-28,36H,5-7,24-25H2,1-4H3/q+2. The molecule has 210 valence electrons. The highest BCUT2D eigenvalue weighted by Gasteiger charge is 2.59. The van der Waals surface area contributed by atoms with Crippen LogP contribution >= 0.6 is 0 Å². The van der Waals surface area contributed by atoms with Gasteiger partial charge in [0.15, 0.2) is 24.0 Å². The van der Waals surface area contributed by atoms with Crippen LogP contribution in [0, 0.1) is 0 Å². The maximum absolute atomic E-state index is 2.65. The lowest BCUT2D eigenvalue weighted by Gasteiger charge is -2.48. The molecule has 7 rings (SSSR count). The van der Waals surface area contributed by atoms with Crippen molar-refractivity contribution in [2.75, 3.05) is 0 Å². The number of hydrogen-bond donors (Lipinski definition) is 0. The predicted molar refractivity (Wildman–Crippen MR) is 172 cm³/mol. The molecular weight excluding hydrogens is 508 g/mol. The van der Waals surface area contributed by atoms with Crippen molar-refractivity contribution in [3.63, 3.8) is 0 Å². The second-order valence-corrected chi connectivity index (χ2v) is 12.4. The first kappa shape index (κ1) is 26.8. The van der Waals surface area contributed by atoms with Crippen LogP contribution in [-0.2, 0) is 17.4 Å². The fourth-order valence-corrected chi connectivity index (χ4v) is 8.49. The van der Waals surface area contributed by atoms with E-state index in [-0.39, 0.29) is 11.0 Å². The van der Waals surface area contributed by atoms with Gasteiger partial charge < -0.3 is 0 Å². The summed E-state index contributed by atoms with van der Waals surface area (Å²) in [6, 6.07) is 38.7. The second-order valence-electron chi connectivity index (χ2n) is 12.4. The molecule has 0 aliphatic carbocycles. The third kappa shape index (κ3) is 3.77. The van der Waals surface area contributed by atoms with E-state index in [4.69, 9.17) is 0 Å². The van der Waals surface area contributed by atoms with Gasteiger partial charge >= 0.3 is 0 Å². The summed E-state index contributed by atoms with van der Waals surface area (Å²) < 4.78 is 5.26. The van der Waals surface area contributed by atoms with Gasteiger partial charge in [0.2, 0.25) is 11.4 Å². The minimum atomic E-state index is -0.0312. The first-order valence-corrected chi connectivity index (χ1v) is 15.9. The lowest BCUT2D eigenvalue weighted by molar-refractivity contribution is -0.772. The van der Waals surface area contributed by atoms with Crippen LogP contribution in [0.25, 0.3) is 33.6 Å². The number of rotatable bonds is 7. The van der Waals surface area contributed by atoms with Crippen molar-refractivity contribution in [1.29, 1.82) is 0 Å². The first-order valence-electron chi connectivity index (χ1n) is 15.9. The van der Waals surface area contributed by atoms with E-state index in [1.165, 1.54) is 50.3 Å². The summed E-state index contributed by atoms with van der Waals surface area (Å²) in [6.07, 6.45) is 10.2. The van der Waals surface area contributed by atoms with Gasteiger partial charge in [-0.15, -0.1) is 0 Å². The zero-order valence-corrected chi connectivity index (χ0v) is 25.5. The summed E-state index contributed by atoms with van der Waals surface area (Å²) in [7, 11) is 0. The molecule has 2 nitrogen and oxygen atoms in total. The van der Waals surface area contributed by atoms with E-state index in [9.17, 15) is 0 Å². The van der Waals surface area contributed by atoms with Crippen molar-refractivity contribution in [2.45, 2.75) is 76.8 Å². The molecule has 0 amide bonds. The van der Waals surface area contributed by atoms with Crippen LogP contribution in [0.4, 0.5) is 0 Å². The molecule has 0 bridgehead atoms. The van der Waals surface area contributed by atoms with Gasteiger partial charge in [0.1, 0.15) is 0 Å². The Hall–Kier alpha value is -4.04. The number of fused-ring (bicyclic) bond motifs is 6. The number of benzene rings is 3. The maximum Gasteiger partial charge on any atom is 0.213 e. The van der Waals surface area contributed by atoms with Crippen LogP contribution in [0.2, 0.25) is 0 Å². The van der Waals surface area contributed by atoms with Crippen molar-refractivity contribution in [3.8, 4) is 33.6 Å². The maximum atomic E-state index is 2.65. The van der Waals surface area contributed by atoms with Gasteiger partial charge in [0, 0.05) is 48.6 Å².